The van der Waals surface area contributed by atoms with Gasteiger partial charge in [-0.2, -0.15) is 0 Å². The average Bonchev–Trinajstić information content (AvgIpc) is 2.63. The van der Waals surface area contributed by atoms with Crippen molar-refractivity contribution in [2.45, 2.75) is 19.3 Å². The molecule has 1 aliphatic heterocycles. The first-order chi connectivity index (χ1) is 11.4. The highest BCUT2D eigenvalue weighted by Gasteiger charge is 2.22. The molecule has 0 saturated carbocycles. The third-order valence-electron chi connectivity index (χ3n) is 5.09. The summed E-state index contributed by atoms with van der Waals surface area (Å²) >= 11 is 0. The number of nitrogens with zero attached hydrogens (tertiary/aromatic N) is 4. The van der Waals surface area contributed by atoms with Crippen LogP contribution in [0.5, 0.6) is 0 Å². The lowest BCUT2D eigenvalue weighted by Gasteiger charge is -2.37. The van der Waals surface area contributed by atoms with Gasteiger partial charge in [0.2, 0.25) is 0 Å². The van der Waals surface area contributed by atoms with E-state index in [1.54, 1.807) is 6.33 Å². The minimum atomic E-state index is 0.853. The van der Waals surface area contributed by atoms with E-state index >= 15 is 0 Å². The number of rotatable bonds is 3. The van der Waals surface area contributed by atoms with E-state index in [2.05, 4.69) is 50.1 Å². The number of para-hydroxylation sites is 1. The molecule has 4 rings (SSSR count). The molecule has 23 heavy (non-hydrogen) atoms. The number of fused-ring (bicyclic) bond motifs is 1. The minimum absolute atomic E-state index is 0.853. The number of aromatic nitrogens is 2. The summed E-state index contributed by atoms with van der Waals surface area (Å²) in [6, 6.07) is 8.30. The summed E-state index contributed by atoms with van der Waals surface area (Å²) in [5, 5.41) is 1.17. The highest BCUT2D eigenvalue weighted by Crippen LogP contribution is 2.24. The van der Waals surface area contributed by atoms with Crippen LogP contribution in [0.4, 0.5) is 5.82 Å². The normalized spacial score (nSPS) is 22.6. The molecule has 0 N–H and O–H groups in total. The topological polar surface area (TPSA) is 32.3 Å². The fourth-order valence-electron chi connectivity index (χ4n) is 3.77. The molecule has 1 atom stereocenters. The van der Waals surface area contributed by atoms with Gasteiger partial charge >= 0.3 is 0 Å². The van der Waals surface area contributed by atoms with Gasteiger partial charge in [0.25, 0.3) is 0 Å². The molecular weight excluding hydrogens is 284 g/mol. The quantitative estimate of drug-likeness (QED) is 0.816. The van der Waals surface area contributed by atoms with Crippen LogP contribution in [0.15, 0.2) is 42.7 Å². The Kier molecular flexibility index (Phi) is 4.24. The van der Waals surface area contributed by atoms with Crippen molar-refractivity contribution in [3.63, 3.8) is 0 Å². The summed E-state index contributed by atoms with van der Waals surface area (Å²) in [6.45, 7) is 5.65. The lowest BCUT2D eigenvalue weighted by molar-refractivity contribution is 0.211. The van der Waals surface area contributed by atoms with E-state index in [9.17, 15) is 0 Å². The fraction of sp³-hybridized carbons (Fsp3) is 0.474. The largest absolute Gasteiger partial charge is 0.353 e. The summed E-state index contributed by atoms with van der Waals surface area (Å²) in [5.74, 6) is 1.95. The SMILES string of the molecule is C1=CC[C@H](CN2CCN(c3ncnc4ccccc34)CC2)CC1. The predicted octanol–water partition coefficient (Wildman–Crippen LogP) is 3.11. The summed E-state index contributed by atoms with van der Waals surface area (Å²) in [4.78, 5) is 14.0. The Balaban J connectivity index is 1.41. The van der Waals surface area contributed by atoms with Crippen molar-refractivity contribution in [2.75, 3.05) is 37.6 Å². The Morgan fingerprint density at radius 2 is 1.87 bits per heavy atom. The van der Waals surface area contributed by atoms with Crippen LogP contribution in [0.2, 0.25) is 0 Å². The lowest BCUT2D eigenvalue weighted by atomic mass is 9.94. The second-order valence-electron chi connectivity index (χ2n) is 6.65. The molecule has 1 aromatic heterocycles. The lowest BCUT2D eigenvalue weighted by Crippen LogP contribution is -2.48. The van der Waals surface area contributed by atoms with Crippen LogP contribution < -0.4 is 4.90 Å². The molecule has 120 valence electrons. The first-order valence-corrected chi connectivity index (χ1v) is 8.72. The van der Waals surface area contributed by atoms with E-state index in [1.807, 2.05) is 6.07 Å². The highest BCUT2D eigenvalue weighted by atomic mass is 15.3. The van der Waals surface area contributed by atoms with E-state index in [0.717, 1.165) is 43.4 Å². The summed E-state index contributed by atoms with van der Waals surface area (Å²) in [7, 11) is 0. The van der Waals surface area contributed by atoms with E-state index in [0.29, 0.717) is 0 Å². The van der Waals surface area contributed by atoms with Crippen molar-refractivity contribution in [1.29, 1.82) is 0 Å². The molecule has 0 amide bonds. The number of piperazine rings is 1. The Morgan fingerprint density at radius 1 is 1.00 bits per heavy atom. The number of hydrogen-bond donors (Lipinski definition) is 0. The number of hydrogen-bond acceptors (Lipinski definition) is 4. The van der Waals surface area contributed by atoms with Crippen molar-refractivity contribution < 1.29 is 0 Å². The maximum atomic E-state index is 4.56. The number of anilines is 1. The van der Waals surface area contributed by atoms with Crippen molar-refractivity contribution in [1.82, 2.24) is 14.9 Å². The Labute approximate surface area is 137 Å². The molecule has 2 heterocycles. The first kappa shape index (κ1) is 14.6. The number of benzene rings is 1. The summed E-state index contributed by atoms with van der Waals surface area (Å²) < 4.78 is 0. The van der Waals surface area contributed by atoms with E-state index in [-0.39, 0.29) is 0 Å². The molecule has 1 aliphatic carbocycles. The van der Waals surface area contributed by atoms with Crippen molar-refractivity contribution in [3.8, 4) is 0 Å². The standard InChI is InChI=1S/C19H24N4/c1-2-6-16(7-3-1)14-22-10-12-23(13-11-22)19-17-8-4-5-9-18(17)20-15-21-19/h1-2,4-5,8-9,15-16H,3,6-7,10-14H2/t16-/m0/s1. The van der Waals surface area contributed by atoms with Gasteiger partial charge in [0.05, 0.1) is 5.52 Å². The molecular formula is C19H24N4. The van der Waals surface area contributed by atoms with Crippen molar-refractivity contribution in [2.24, 2.45) is 5.92 Å². The van der Waals surface area contributed by atoms with Crippen molar-refractivity contribution in [3.05, 3.63) is 42.7 Å². The minimum Gasteiger partial charge on any atom is -0.353 e. The van der Waals surface area contributed by atoms with Gasteiger partial charge < -0.3 is 4.90 Å². The van der Waals surface area contributed by atoms with Gasteiger partial charge in [0.15, 0.2) is 0 Å². The van der Waals surface area contributed by atoms with Crippen LogP contribution in [0.3, 0.4) is 0 Å². The molecule has 4 nitrogen and oxygen atoms in total. The van der Waals surface area contributed by atoms with Crippen LogP contribution >= 0.6 is 0 Å². The van der Waals surface area contributed by atoms with Crippen LogP contribution in [0.1, 0.15) is 19.3 Å². The molecule has 1 fully saturated rings. The molecule has 0 spiro atoms. The number of allylic oxidation sites excluding steroid dienone is 2. The molecule has 2 aliphatic rings. The van der Waals surface area contributed by atoms with Crippen molar-refractivity contribution >= 4 is 16.7 Å². The Bertz CT molecular complexity index is 683. The van der Waals surface area contributed by atoms with Gasteiger partial charge in [-0.15, -0.1) is 0 Å². The average molecular weight is 308 g/mol. The Morgan fingerprint density at radius 3 is 2.70 bits per heavy atom. The zero-order chi connectivity index (χ0) is 15.5. The maximum absolute atomic E-state index is 4.56. The van der Waals surface area contributed by atoms with Gasteiger partial charge in [-0.05, 0) is 37.3 Å². The molecule has 0 bridgehead atoms. The second-order valence-corrected chi connectivity index (χ2v) is 6.65. The zero-order valence-electron chi connectivity index (χ0n) is 13.6. The zero-order valence-corrected chi connectivity index (χ0v) is 13.6. The van der Waals surface area contributed by atoms with Crippen LogP contribution in [0.25, 0.3) is 10.9 Å². The van der Waals surface area contributed by atoms with E-state index in [1.165, 1.54) is 31.2 Å². The third-order valence-corrected chi connectivity index (χ3v) is 5.09. The highest BCUT2D eigenvalue weighted by molar-refractivity contribution is 5.89. The second kappa shape index (κ2) is 6.67. The molecule has 1 aromatic carbocycles. The summed E-state index contributed by atoms with van der Waals surface area (Å²) in [5.41, 5.74) is 1.04. The fourth-order valence-corrected chi connectivity index (χ4v) is 3.77. The van der Waals surface area contributed by atoms with Gasteiger partial charge in [-0.3, -0.25) is 4.90 Å². The smallest absolute Gasteiger partial charge is 0.139 e. The predicted molar refractivity (Wildman–Crippen MR) is 94.7 cm³/mol. The third kappa shape index (κ3) is 3.22. The van der Waals surface area contributed by atoms with Gasteiger partial charge in [-0.25, -0.2) is 9.97 Å². The van der Waals surface area contributed by atoms with Gasteiger partial charge in [-0.1, -0.05) is 24.3 Å². The monoisotopic (exact) mass is 308 g/mol. The van der Waals surface area contributed by atoms with E-state index in [4.69, 9.17) is 0 Å². The molecule has 0 radical (unpaired) electrons. The summed E-state index contributed by atoms with van der Waals surface area (Å²) in [6.07, 6.45) is 10.3. The van der Waals surface area contributed by atoms with E-state index < -0.39 is 0 Å². The van der Waals surface area contributed by atoms with Gasteiger partial charge in [0, 0.05) is 38.1 Å². The first-order valence-electron chi connectivity index (χ1n) is 8.72. The maximum Gasteiger partial charge on any atom is 0.139 e. The molecule has 4 heteroatoms. The van der Waals surface area contributed by atoms with Crippen LogP contribution in [0, 0.1) is 5.92 Å². The molecule has 0 unspecified atom stereocenters. The van der Waals surface area contributed by atoms with Gasteiger partial charge in [0.1, 0.15) is 12.1 Å². The Hall–Kier alpha value is -1.94. The molecule has 2 aromatic rings. The van der Waals surface area contributed by atoms with Crippen LogP contribution in [-0.4, -0.2) is 47.6 Å². The molecule has 1 saturated heterocycles. The van der Waals surface area contributed by atoms with Crippen LogP contribution in [-0.2, 0) is 0 Å².